The predicted octanol–water partition coefficient (Wildman–Crippen LogP) is 3.13. The summed E-state index contributed by atoms with van der Waals surface area (Å²) in [5, 5.41) is 23.7. The molecule has 228 valence electrons. The Morgan fingerprint density at radius 2 is 1.93 bits per heavy atom. The van der Waals surface area contributed by atoms with E-state index in [9.17, 15) is 24.6 Å². The molecular formula is C31H46N2O8. The fraction of sp³-hybridized carbons (Fsp3) is 0.645. The third kappa shape index (κ3) is 8.08. The van der Waals surface area contributed by atoms with E-state index < -0.39 is 30.1 Å². The minimum Gasteiger partial charge on any atom is -0.493 e. The highest BCUT2D eigenvalue weighted by Crippen LogP contribution is 2.51. The Morgan fingerprint density at radius 1 is 1.17 bits per heavy atom. The Hall–Kier alpha value is -2.95. The lowest BCUT2D eigenvalue weighted by molar-refractivity contribution is -0.137. The maximum absolute atomic E-state index is 13.6. The Bertz CT molecular complexity index is 1070. The zero-order chi connectivity index (χ0) is 29.9. The first-order chi connectivity index (χ1) is 19.8. The van der Waals surface area contributed by atoms with Crippen molar-refractivity contribution in [2.24, 2.45) is 0 Å². The lowest BCUT2D eigenvalue weighted by Crippen LogP contribution is -2.56. The highest BCUT2D eigenvalue weighted by Gasteiger charge is 2.51. The van der Waals surface area contributed by atoms with Crippen molar-refractivity contribution in [2.45, 2.75) is 96.0 Å². The normalized spacial score (nSPS) is 21.0. The third-order valence-electron chi connectivity index (χ3n) is 7.58. The second-order valence-corrected chi connectivity index (χ2v) is 10.9. The number of nitrogens with one attached hydrogen (secondary N) is 1. The van der Waals surface area contributed by atoms with E-state index in [1.165, 1.54) is 7.11 Å². The van der Waals surface area contributed by atoms with Crippen molar-refractivity contribution in [3.63, 3.8) is 0 Å². The number of unbranched alkanes of at least 4 members (excludes halogenated alkanes) is 4. The lowest BCUT2D eigenvalue weighted by atomic mass is 9.77. The number of hydrogen-bond acceptors (Lipinski definition) is 8. The van der Waals surface area contributed by atoms with Crippen LogP contribution in [0.4, 0.5) is 0 Å². The van der Waals surface area contributed by atoms with Gasteiger partial charge in [0.2, 0.25) is 11.8 Å². The van der Waals surface area contributed by atoms with Gasteiger partial charge in [-0.2, -0.15) is 0 Å². The number of methoxy groups -OCH3 is 1. The van der Waals surface area contributed by atoms with E-state index in [0.29, 0.717) is 60.5 Å². The first-order valence-corrected chi connectivity index (χ1v) is 14.8. The van der Waals surface area contributed by atoms with E-state index in [4.69, 9.17) is 14.2 Å². The van der Waals surface area contributed by atoms with Crippen LogP contribution in [0, 0.1) is 0 Å². The maximum atomic E-state index is 13.6. The molecule has 3 rings (SSSR count). The summed E-state index contributed by atoms with van der Waals surface area (Å²) >= 11 is 0. The summed E-state index contributed by atoms with van der Waals surface area (Å²) in [5.74, 6) is -0.556. The average molecular weight is 575 g/mol. The number of nitrogens with zero attached hydrogens (tertiary/aromatic N) is 1. The number of aliphatic hydroxyl groups is 2. The molecule has 10 heteroatoms. The molecule has 2 aliphatic rings. The number of carbonyl (C=O) groups excluding carboxylic acids is 3. The summed E-state index contributed by atoms with van der Waals surface area (Å²) < 4.78 is 17.4. The summed E-state index contributed by atoms with van der Waals surface area (Å²) in [4.78, 5) is 40.3. The first kappa shape index (κ1) is 32.6. The van der Waals surface area contributed by atoms with Crippen molar-refractivity contribution in [1.82, 2.24) is 10.2 Å². The number of carbonyl (C=O) groups is 3. The Kier molecular flexibility index (Phi) is 12.6. The predicted molar refractivity (Wildman–Crippen MR) is 154 cm³/mol. The molecule has 3 N–H and O–H groups in total. The van der Waals surface area contributed by atoms with Gasteiger partial charge in [0.15, 0.2) is 11.5 Å². The molecule has 0 fully saturated rings. The molecule has 41 heavy (non-hydrogen) atoms. The van der Waals surface area contributed by atoms with Crippen LogP contribution in [0.25, 0.3) is 0 Å². The molecule has 1 heterocycles. The number of benzene rings is 1. The zero-order valence-electron chi connectivity index (χ0n) is 24.8. The molecule has 2 amide bonds. The average Bonchev–Trinajstić information content (AvgIpc) is 3.35. The van der Waals surface area contributed by atoms with Gasteiger partial charge in [-0.05, 0) is 44.9 Å². The molecular weight excluding hydrogens is 528 g/mol. The van der Waals surface area contributed by atoms with Gasteiger partial charge in [0.1, 0.15) is 18.5 Å². The van der Waals surface area contributed by atoms with Crippen LogP contribution in [-0.4, -0.2) is 91.0 Å². The number of rotatable bonds is 17. The number of fused-ring (bicyclic) bond motifs is 3. The standard InChI is InChI=1S/C31H46N2O8/c1-5-6-7-8-9-11-26(36)33(13-10-15-40-20(2)3)24-18-23(31(38)32-12-14-34)27-22-16-21(19-35)17-25(39-4)29(22)41-30(27)28(24)37/h16-20,24,27-28,30,34,37H,5-15H2,1-4H3,(H,32,38)/t24-,27+,28+,30+/m1/s1. The minimum atomic E-state index is -1.15. The SMILES string of the molecule is CCCCCCCC(=O)N(CCCOC(C)C)[C@@H]1C=C(C(=O)NCCO)[C@@H]2c3cc(C=O)cc(OC)c3O[C@@H]2[C@H]1O. The number of hydrogen-bond donors (Lipinski definition) is 3. The van der Waals surface area contributed by atoms with Crippen LogP contribution in [0.15, 0.2) is 23.8 Å². The number of aldehydes is 1. The largest absolute Gasteiger partial charge is 0.493 e. The van der Waals surface area contributed by atoms with Crippen molar-refractivity contribution in [3.8, 4) is 11.5 Å². The Labute approximate surface area is 243 Å². The first-order valence-electron chi connectivity index (χ1n) is 14.8. The maximum Gasteiger partial charge on any atom is 0.247 e. The molecule has 0 saturated carbocycles. The van der Waals surface area contributed by atoms with Crippen LogP contribution in [0.2, 0.25) is 0 Å². The van der Waals surface area contributed by atoms with Crippen molar-refractivity contribution < 1.29 is 38.8 Å². The van der Waals surface area contributed by atoms with E-state index in [2.05, 4.69) is 12.2 Å². The topological polar surface area (TPSA) is 135 Å². The van der Waals surface area contributed by atoms with Gasteiger partial charge in [-0.15, -0.1) is 0 Å². The van der Waals surface area contributed by atoms with E-state index in [1.54, 1.807) is 23.1 Å². The third-order valence-corrected chi connectivity index (χ3v) is 7.58. The van der Waals surface area contributed by atoms with Gasteiger partial charge >= 0.3 is 0 Å². The number of ether oxygens (including phenoxy) is 3. The van der Waals surface area contributed by atoms with Crippen molar-refractivity contribution in [2.75, 3.05) is 33.4 Å². The van der Waals surface area contributed by atoms with Crippen molar-refractivity contribution in [3.05, 3.63) is 34.9 Å². The molecule has 0 unspecified atom stereocenters. The minimum absolute atomic E-state index is 0.0408. The molecule has 0 aromatic heterocycles. The summed E-state index contributed by atoms with van der Waals surface area (Å²) in [6.45, 7) is 6.63. The second kappa shape index (κ2) is 15.9. The van der Waals surface area contributed by atoms with Gasteiger partial charge in [-0.3, -0.25) is 14.4 Å². The van der Waals surface area contributed by atoms with Crippen LogP contribution in [0.3, 0.4) is 0 Å². The molecule has 0 spiro atoms. The van der Waals surface area contributed by atoms with Gasteiger partial charge in [-0.25, -0.2) is 0 Å². The summed E-state index contributed by atoms with van der Waals surface area (Å²) in [6, 6.07) is 2.36. The van der Waals surface area contributed by atoms with E-state index in [-0.39, 0.29) is 25.2 Å². The van der Waals surface area contributed by atoms with Crippen LogP contribution >= 0.6 is 0 Å². The molecule has 1 aromatic carbocycles. The van der Waals surface area contributed by atoms with Crippen LogP contribution < -0.4 is 14.8 Å². The van der Waals surface area contributed by atoms with Crippen molar-refractivity contribution in [1.29, 1.82) is 0 Å². The molecule has 1 aromatic rings. The van der Waals surface area contributed by atoms with Gasteiger partial charge in [0.05, 0.1) is 31.8 Å². The molecule has 4 atom stereocenters. The molecule has 1 aliphatic heterocycles. The molecule has 0 saturated heterocycles. The van der Waals surface area contributed by atoms with Gasteiger partial charge in [-0.1, -0.05) is 32.6 Å². The highest BCUT2D eigenvalue weighted by atomic mass is 16.5. The smallest absolute Gasteiger partial charge is 0.247 e. The summed E-state index contributed by atoms with van der Waals surface area (Å²) in [5.41, 5.74) is 1.21. The molecule has 10 nitrogen and oxygen atoms in total. The summed E-state index contributed by atoms with van der Waals surface area (Å²) in [6.07, 6.45) is 6.24. The quantitative estimate of drug-likeness (QED) is 0.191. The second-order valence-electron chi connectivity index (χ2n) is 10.9. The van der Waals surface area contributed by atoms with Crippen LogP contribution in [-0.2, 0) is 14.3 Å². The van der Waals surface area contributed by atoms with Gasteiger partial charge < -0.3 is 34.6 Å². The lowest BCUT2D eigenvalue weighted by Gasteiger charge is -2.41. The van der Waals surface area contributed by atoms with E-state index in [0.717, 1.165) is 32.1 Å². The Balaban J connectivity index is 1.98. The van der Waals surface area contributed by atoms with Crippen molar-refractivity contribution >= 4 is 18.1 Å². The molecule has 1 aliphatic carbocycles. The van der Waals surface area contributed by atoms with E-state index >= 15 is 0 Å². The van der Waals surface area contributed by atoms with Gasteiger partial charge in [0.25, 0.3) is 0 Å². The fourth-order valence-electron chi connectivity index (χ4n) is 5.58. The number of amides is 2. The zero-order valence-corrected chi connectivity index (χ0v) is 24.8. The van der Waals surface area contributed by atoms with Gasteiger partial charge in [0, 0.05) is 42.8 Å². The summed E-state index contributed by atoms with van der Waals surface area (Å²) in [7, 11) is 1.46. The molecule has 0 bridgehead atoms. The Morgan fingerprint density at radius 3 is 2.59 bits per heavy atom. The highest BCUT2D eigenvalue weighted by molar-refractivity contribution is 5.96. The molecule has 0 radical (unpaired) electrons. The monoisotopic (exact) mass is 574 g/mol. The fourth-order valence-corrected chi connectivity index (χ4v) is 5.58. The van der Waals surface area contributed by atoms with Crippen LogP contribution in [0.1, 0.15) is 87.6 Å². The van der Waals surface area contributed by atoms with E-state index in [1.807, 2.05) is 13.8 Å². The number of aliphatic hydroxyl groups excluding tert-OH is 2. The van der Waals surface area contributed by atoms with Crippen LogP contribution in [0.5, 0.6) is 11.5 Å².